The predicted molar refractivity (Wildman–Crippen MR) is 265 cm³/mol. The molecule has 0 saturated carbocycles. The molecule has 0 atom stereocenters. The van der Waals surface area contributed by atoms with Gasteiger partial charge in [-0.05, 0) is 127 Å². The third-order valence-corrected chi connectivity index (χ3v) is 12.9. The van der Waals surface area contributed by atoms with E-state index in [4.69, 9.17) is 8.83 Å². The van der Waals surface area contributed by atoms with Crippen LogP contribution in [0, 0.1) is 0 Å². The average Bonchev–Trinajstić information content (AvgIpc) is 3.93. The quantitative estimate of drug-likeness (QED) is 0.157. The van der Waals surface area contributed by atoms with Crippen molar-refractivity contribution < 1.29 is 8.83 Å². The Morgan fingerprint density at radius 3 is 1.40 bits per heavy atom. The fourth-order valence-electron chi connectivity index (χ4n) is 9.83. The van der Waals surface area contributed by atoms with E-state index in [1.165, 1.54) is 43.4 Å². The van der Waals surface area contributed by atoms with Gasteiger partial charge in [0.2, 0.25) is 0 Å². The molecule has 63 heavy (non-hydrogen) atoms. The fraction of sp³-hybridized carbons (Fsp3) is 0. The summed E-state index contributed by atoms with van der Waals surface area (Å²) in [6.07, 6.45) is 0. The van der Waals surface area contributed by atoms with Crippen molar-refractivity contribution in [3.63, 3.8) is 0 Å². The second-order valence-corrected chi connectivity index (χ2v) is 16.4. The lowest BCUT2D eigenvalue weighted by Crippen LogP contribution is -2.10. The van der Waals surface area contributed by atoms with Crippen LogP contribution in [0.2, 0.25) is 0 Å². The molecule has 294 valence electrons. The van der Waals surface area contributed by atoms with Crippen LogP contribution in [0.5, 0.6) is 0 Å². The first-order valence-electron chi connectivity index (χ1n) is 21.5. The molecule has 0 radical (unpaired) electrons. The highest BCUT2D eigenvalue weighted by Gasteiger charge is 2.18. The van der Waals surface area contributed by atoms with Gasteiger partial charge in [-0.15, -0.1) is 0 Å². The standard InChI is InChI=1S/C60H37NO2/c1-2-15-49-47(13-1)48-14-3-4-16-50(48)55-36-41(27-33-51(49)55)38-23-29-43(30-24-38)61(44-31-25-39(26-32-44)46-19-10-20-54-52-17-5-8-22-58(52)63-60(46)54)45-12-9-11-40(35-45)42-28-34-59-56(37-42)53-18-6-7-21-57(53)62-59/h1-37H. The maximum atomic E-state index is 6.45. The molecule has 2 heterocycles. The van der Waals surface area contributed by atoms with E-state index in [0.29, 0.717) is 0 Å². The summed E-state index contributed by atoms with van der Waals surface area (Å²) in [6, 6.07) is 80.6. The van der Waals surface area contributed by atoms with Crippen molar-refractivity contribution in [2.75, 3.05) is 4.90 Å². The smallest absolute Gasteiger partial charge is 0.143 e. The molecule has 0 aliphatic heterocycles. The van der Waals surface area contributed by atoms with Gasteiger partial charge in [-0.25, -0.2) is 0 Å². The monoisotopic (exact) mass is 803 g/mol. The Hall–Kier alpha value is -8.40. The molecule has 11 aromatic carbocycles. The number of fused-ring (bicyclic) bond motifs is 12. The summed E-state index contributed by atoms with van der Waals surface area (Å²) >= 11 is 0. The lowest BCUT2D eigenvalue weighted by Gasteiger charge is -2.26. The van der Waals surface area contributed by atoms with E-state index in [9.17, 15) is 0 Å². The van der Waals surface area contributed by atoms with E-state index >= 15 is 0 Å². The maximum Gasteiger partial charge on any atom is 0.143 e. The summed E-state index contributed by atoms with van der Waals surface area (Å²) in [6.45, 7) is 0. The number of nitrogens with zero attached hydrogens (tertiary/aromatic N) is 1. The largest absolute Gasteiger partial charge is 0.456 e. The predicted octanol–water partition coefficient (Wildman–Crippen LogP) is 17.4. The van der Waals surface area contributed by atoms with Crippen molar-refractivity contribution in [3.8, 4) is 33.4 Å². The minimum Gasteiger partial charge on any atom is -0.456 e. The number of anilines is 3. The van der Waals surface area contributed by atoms with Gasteiger partial charge in [-0.3, -0.25) is 0 Å². The normalized spacial score (nSPS) is 11.8. The Bertz CT molecular complexity index is 3880. The molecular weight excluding hydrogens is 767 g/mol. The Kier molecular flexibility index (Phi) is 7.91. The van der Waals surface area contributed by atoms with E-state index in [0.717, 1.165) is 83.2 Å². The first-order valence-corrected chi connectivity index (χ1v) is 21.5. The van der Waals surface area contributed by atoms with Gasteiger partial charge in [0.15, 0.2) is 0 Å². The van der Waals surface area contributed by atoms with E-state index in [1.807, 2.05) is 24.3 Å². The fourth-order valence-corrected chi connectivity index (χ4v) is 9.83. The third-order valence-electron chi connectivity index (χ3n) is 12.9. The van der Waals surface area contributed by atoms with Crippen LogP contribution >= 0.6 is 0 Å². The summed E-state index contributed by atoms with van der Waals surface area (Å²) in [5.74, 6) is 0. The molecule has 0 spiro atoms. The Morgan fingerprint density at radius 1 is 0.238 bits per heavy atom. The van der Waals surface area contributed by atoms with Crippen molar-refractivity contribution >= 4 is 93.3 Å². The van der Waals surface area contributed by atoms with E-state index in [1.54, 1.807) is 0 Å². The van der Waals surface area contributed by atoms with Crippen LogP contribution < -0.4 is 4.90 Å². The molecular formula is C60H37NO2. The van der Waals surface area contributed by atoms with Gasteiger partial charge >= 0.3 is 0 Å². The highest BCUT2D eigenvalue weighted by Crippen LogP contribution is 2.42. The minimum atomic E-state index is 0.893. The Morgan fingerprint density at radius 2 is 0.698 bits per heavy atom. The lowest BCUT2D eigenvalue weighted by atomic mass is 9.92. The first-order chi connectivity index (χ1) is 31.2. The molecule has 3 nitrogen and oxygen atoms in total. The first kappa shape index (κ1) is 35.4. The van der Waals surface area contributed by atoms with Gasteiger partial charge in [-0.2, -0.15) is 0 Å². The van der Waals surface area contributed by atoms with E-state index in [-0.39, 0.29) is 0 Å². The minimum absolute atomic E-state index is 0.893. The van der Waals surface area contributed by atoms with Gasteiger partial charge in [0.1, 0.15) is 22.3 Å². The zero-order valence-corrected chi connectivity index (χ0v) is 34.1. The molecule has 0 bridgehead atoms. The van der Waals surface area contributed by atoms with Gasteiger partial charge in [0.05, 0.1) is 0 Å². The topological polar surface area (TPSA) is 29.5 Å². The average molecular weight is 804 g/mol. The van der Waals surface area contributed by atoms with Gasteiger partial charge in [0, 0.05) is 44.2 Å². The van der Waals surface area contributed by atoms with Crippen molar-refractivity contribution in [1.29, 1.82) is 0 Å². The maximum absolute atomic E-state index is 6.45. The molecule has 0 saturated heterocycles. The highest BCUT2D eigenvalue weighted by molar-refractivity contribution is 6.25. The summed E-state index contributed by atoms with van der Waals surface area (Å²) in [5, 5.41) is 12.2. The van der Waals surface area contributed by atoms with Crippen LogP contribution in [0.25, 0.3) is 110 Å². The van der Waals surface area contributed by atoms with Crippen molar-refractivity contribution in [3.05, 3.63) is 224 Å². The zero-order chi connectivity index (χ0) is 41.4. The summed E-state index contributed by atoms with van der Waals surface area (Å²) < 4.78 is 12.6. The molecule has 2 aromatic heterocycles. The van der Waals surface area contributed by atoms with E-state index in [2.05, 4.69) is 205 Å². The highest BCUT2D eigenvalue weighted by atomic mass is 16.3. The second-order valence-electron chi connectivity index (χ2n) is 16.4. The molecule has 0 aliphatic rings. The van der Waals surface area contributed by atoms with Gasteiger partial charge in [-0.1, -0.05) is 158 Å². The molecule has 0 N–H and O–H groups in total. The van der Waals surface area contributed by atoms with Crippen LogP contribution in [-0.2, 0) is 0 Å². The summed E-state index contributed by atoms with van der Waals surface area (Å²) in [5.41, 5.74) is 13.6. The molecule has 13 aromatic rings. The van der Waals surface area contributed by atoms with Crippen LogP contribution in [0.4, 0.5) is 17.1 Å². The third kappa shape index (κ3) is 5.75. The number of hydrogen-bond donors (Lipinski definition) is 0. The van der Waals surface area contributed by atoms with Crippen LogP contribution in [0.3, 0.4) is 0 Å². The number of furan rings is 2. The SMILES string of the molecule is c1cc(-c2ccc3oc4ccccc4c3c2)cc(N(c2ccc(-c3ccc4c5ccccc5c5ccccc5c4c3)cc2)c2ccc(-c3cccc4c3oc3ccccc34)cc2)c1. The van der Waals surface area contributed by atoms with Crippen LogP contribution in [0.15, 0.2) is 233 Å². The van der Waals surface area contributed by atoms with Crippen LogP contribution in [-0.4, -0.2) is 0 Å². The van der Waals surface area contributed by atoms with E-state index < -0.39 is 0 Å². The number of para-hydroxylation sites is 3. The zero-order valence-electron chi connectivity index (χ0n) is 34.1. The summed E-state index contributed by atoms with van der Waals surface area (Å²) in [4.78, 5) is 2.35. The van der Waals surface area contributed by atoms with Gasteiger partial charge in [0.25, 0.3) is 0 Å². The molecule has 0 unspecified atom stereocenters. The molecule has 0 aliphatic carbocycles. The molecule has 0 amide bonds. The van der Waals surface area contributed by atoms with Crippen molar-refractivity contribution in [1.82, 2.24) is 0 Å². The molecule has 3 heteroatoms. The van der Waals surface area contributed by atoms with Crippen LogP contribution in [0.1, 0.15) is 0 Å². The molecule has 0 fully saturated rings. The van der Waals surface area contributed by atoms with Crippen molar-refractivity contribution in [2.45, 2.75) is 0 Å². The Labute approximate surface area is 363 Å². The molecule has 13 rings (SSSR count). The van der Waals surface area contributed by atoms with Crippen molar-refractivity contribution in [2.24, 2.45) is 0 Å². The Balaban J connectivity index is 0.924. The summed E-state index contributed by atoms with van der Waals surface area (Å²) in [7, 11) is 0. The number of rotatable bonds is 6. The number of benzene rings is 11. The van der Waals surface area contributed by atoms with Gasteiger partial charge < -0.3 is 13.7 Å². The lowest BCUT2D eigenvalue weighted by molar-refractivity contribution is 0.669. The second kappa shape index (κ2) is 14.1. The number of hydrogen-bond acceptors (Lipinski definition) is 3.